The molecule has 1 atom stereocenters. The molecule has 1 saturated heterocycles. The summed E-state index contributed by atoms with van der Waals surface area (Å²) in [7, 11) is 0. The summed E-state index contributed by atoms with van der Waals surface area (Å²) in [5.74, 6) is 0. The molecule has 1 fully saturated rings. The zero-order valence-corrected chi connectivity index (χ0v) is 9.84. The molecule has 1 heterocycles. The van der Waals surface area contributed by atoms with E-state index in [4.69, 9.17) is 9.84 Å². The Morgan fingerprint density at radius 3 is 2.57 bits per heavy atom. The molecule has 3 heteroatoms. The molecule has 0 amide bonds. The summed E-state index contributed by atoms with van der Waals surface area (Å²) in [6, 6.07) is 0. The van der Waals surface area contributed by atoms with Crippen LogP contribution in [-0.2, 0) is 4.74 Å². The molecule has 0 aromatic rings. The Kier molecular flexibility index (Phi) is 3.56. The van der Waals surface area contributed by atoms with Gasteiger partial charge < -0.3 is 9.84 Å². The fourth-order valence-corrected chi connectivity index (χ4v) is 1.89. The lowest BCUT2D eigenvalue weighted by Crippen LogP contribution is -2.56. The predicted molar refractivity (Wildman–Crippen MR) is 57.4 cm³/mol. The van der Waals surface area contributed by atoms with E-state index in [0.29, 0.717) is 0 Å². The summed E-state index contributed by atoms with van der Waals surface area (Å²) in [5, 5.41) is 8.97. The van der Waals surface area contributed by atoms with Gasteiger partial charge in [0.05, 0.1) is 12.2 Å². The normalized spacial score (nSPS) is 30.6. The highest BCUT2D eigenvalue weighted by molar-refractivity contribution is 4.88. The molecule has 1 aliphatic rings. The highest BCUT2D eigenvalue weighted by Crippen LogP contribution is 2.25. The smallest absolute Gasteiger partial charge is 0.0803 e. The van der Waals surface area contributed by atoms with Gasteiger partial charge in [-0.3, -0.25) is 4.90 Å². The Morgan fingerprint density at radius 1 is 1.43 bits per heavy atom. The fourth-order valence-electron chi connectivity index (χ4n) is 1.89. The van der Waals surface area contributed by atoms with Crippen LogP contribution in [0.2, 0.25) is 0 Å². The molecule has 0 unspecified atom stereocenters. The summed E-state index contributed by atoms with van der Waals surface area (Å²) < 4.78 is 5.73. The molecule has 1 rings (SSSR count). The SMILES string of the molecule is CC(C)(C)N1CCO[C@](C)(CCO)C1. The van der Waals surface area contributed by atoms with Crippen LogP contribution in [-0.4, -0.2) is 47.4 Å². The molecule has 1 N–H and O–H groups in total. The second kappa shape index (κ2) is 4.17. The van der Waals surface area contributed by atoms with Crippen LogP contribution in [0.1, 0.15) is 34.1 Å². The molecule has 0 radical (unpaired) electrons. The molecule has 0 saturated carbocycles. The third-order valence-electron chi connectivity index (χ3n) is 2.93. The number of hydrogen-bond donors (Lipinski definition) is 1. The van der Waals surface area contributed by atoms with Crippen molar-refractivity contribution in [1.82, 2.24) is 4.90 Å². The minimum absolute atomic E-state index is 0.166. The third-order valence-corrected chi connectivity index (χ3v) is 2.93. The van der Waals surface area contributed by atoms with Crippen molar-refractivity contribution in [2.45, 2.75) is 45.3 Å². The Morgan fingerprint density at radius 2 is 2.07 bits per heavy atom. The molecule has 3 nitrogen and oxygen atoms in total. The highest BCUT2D eigenvalue weighted by Gasteiger charge is 2.35. The van der Waals surface area contributed by atoms with Gasteiger partial charge in [-0.15, -0.1) is 0 Å². The number of ether oxygens (including phenoxy) is 1. The van der Waals surface area contributed by atoms with E-state index in [1.165, 1.54) is 0 Å². The lowest BCUT2D eigenvalue weighted by atomic mass is 9.96. The Balaban J connectivity index is 2.59. The first-order valence-corrected chi connectivity index (χ1v) is 5.37. The predicted octanol–water partition coefficient (Wildman–Crippen LogP) is 1.26. The average molecular weight is 201 g/mol. The molecule has 0 aliphatic carbocycles. The van der Waals surface area contributed by atoms with Gasteiger partial charge >= 0.3 is 0 Å². The molecular weight excluding hydrogens is 178 g/mol. The van der Waals surface area contributed by atoms with Crippen LogP contribution in [0.4, 0.5) is 0 Å². The van der Waals surface area contributed by atoms with Crippen molar-refractivity contribution in [3.63, 3.8) is 0 Å². The van der Waals surface area contributed by atoms with Gasteiger partial charge in [-0.25, -0.2) is 0 Å². The van der Waals surface area contributed by atoms with Crippen LogP contribution in [0.5, 0.6) is 0 Å². The zero-order chi connectivity index (χ0) is 10.8. The van der Waals surface area contributed by atoms with E-state index in [2.05, 4.69) is 32.6 Å². The Bertz CT molecular complexity index is 184. The van der Waals surface area contributed by atoms with Crippen LogP contribution < -0.4 is 0 Å². The van der Waals surface area contributed by atoms with Gasteiger partial charge in [0, 0.05) is 31.7 Å². The fraction of sp³-hybridized carbons (Fsp3) is 1.00. The number of aliphatic hydroxyl groups excluding tert-OH is 1. The van der Waals surface area contributed by atoms with E-state index in [1.54, 1.807) is 0 Å². The number of nitrogens with zero attached hydrogens (tertiary/aromatic N) is 1. The van der Waals surface area contributed by atoms with E-state index in [1.807, 2.05) is 0 Å². The van der Waals surface area contributed by atoms with Crippen molar-refractivity contribution in [2.24, 2.45) is 0 Å². The first-order chi connectivity index (χ1) is 6.37. The second-order valence-corrected chi connectivity index (χ2v) is 5.36. The minimum Gasteiger partial charge on any atom is -0.396 e. The number of morpholine rings is 1. The molecule has 84 valence electrons. The van der Waals surface area contributed by atoms with E-state index >= 15 is 0 Å². The maximum atomic E-state index is 8.97. The molecular formula is C11H23NO2. The molecule has 0 bridgehead atoms. The van der Waals surface area contributed by atoms with E-state index in [0.717, 1.165) is 26.1 Å². The van der Waals surface area contributed by atoms with Gasteiger partial charge in [-0.05, 0) is 27.7 Å². The van der Waals surface area contributed by atoms with Crippen LogP contribution in [0.15, 0.2) is 0 Å². The first-order valence-electron chi connectivity index (χ1n) is 5.37. The average Bonchev–Trinajstić information content (AvgIpc) is 2.02. The van der Waals surface area contributed by atoms with E-state index in [9.17, 15) is 0 Å². The lowest BCUT2D eigenvalue weighted by molar-refractivity contribution is -0.126. The van der Waals surface area contributed by atoms with E-state index < -0.39 is 0 Å². The van der Waals surface area contributed by atoms with Crippen molar-refractivity contribution < 1.29 is 9.84 Å². The Labute approximate surface area is 87.1 Å². The van der Waals surface area contributed by atoms with Gasteiger partial charge in [-0.1, -0.05) is 0 Å². The maximum Gasteiger partial charge on any atom is 0.0803 e. The highest BCUT2D eigenvalue weighted by atomic mass is 16.5. The quantitative estimate of drug-likeness (QED) is 0.730. The van der Waals surface area contributed by atoms with Crippen molar-refractivity contribution in [1.29, 1.82) is 0 Å². The minimum atomic E-state index is -0.166. The van der Waals surface area contributed by atoms with Gasteiger partial charge in [0.1, 0.15) is 0 Å². The van der Waals surface area contributed by atoms with Gasteiger partial charge in [0.15, 0.2) is 0 Å². The Hall–Kier alpha value is -0.120. The van der Waals surface area contributed by atoms with Crippen molar-refractivity contribution >= 4 is 0 Å². The van der Waals surface area contributed by atoms with Crippen LogP contribution in [0.3, 0.4) is 0 Å². The van der Waals surface area contributed by atoms with Crippen LogP contribution >= 0.6 is 0 Å². The first kappa shape index (κ1) is 12.0. The third kappa shape index (κ3) is 2.94. The van der Waals surface area contributed by atoms with Gasteiger partial charge in [0.25, 0.3) is 0 Å². The van der Waals surface area contributed by atoms with Gasteiger partial charge in [-0.2, -0.15) is 0 Å². The largest absolute Gasteiger partial charge is 0.396 e. The molecule has 1 aliphatic heterocycles. The van der Waals surface area contributed by atoms with Crippen molar-refractivity contribution in [3.05, 3.63) is 0 Å². The number of aliphatic hydroxyl groups is 1. The lowest BCUT2D eigenvalue weighted by Gasteiger charge is -2.46. The van der Waals surface area contributed by atoms with Crippen LogP contribution in [0.25, 0.3) is 0 Å². The second-order valence-electron chi connectivity index (χ2n) is 5.36. The monoisotopic (exact) mass is 201 g/mol. The standard InChI is InChI=1S/C11H23NO2/c1-10(2,3)12-6-8-14-11(4,9-12)5-7-13/h13H,5-9H2,1-4H3/t11-/m1/s1. The summed E-state index contributed by atoms with van der Waals surface area (Å²) in [4.78, 5) is 2.42. The topological polar surface area (TPSA) is 32.7 Å². The summed E-state index contributed by atoms with van der Waals surface area (Å²) in [6.07, 6.45) is 0.722. The van der Waals surface area contributed by atoms with E-state index in [-0.39, 0.29) is 17.7 Å². The molecule has 0 aromatic carbocycles. The molecule has 0 spiro atoms. The van der Waals surface area contributed by atoms with Crippen molar-refractivity contribution in [3.8, 4) is 0 Å². The zero-order valence-electron chi connectivity index (χ0n) is 9.84. The summed E-state index contributed by atoms with van der Waals surface area (Å²) >= 11 is 0. The van der Waals surface area contributed by atoms with Crippen molar-refractivity contribution in [2.75, 3.05) is 26.3 Å². The number of hydrogen-bond acceptors (Lipinski definition) is 3. The molecule has 14 heavy (non-hydrogen) atoms. The van der Waals surface area contributed by atoms with Gasteiger partial charge in [0.2, 0.25) is 0 Å². The molecule has 0 aromatic heterocycles. The maximum absolute atomic E-state index is 8.97. The summed E-state index contributed by atoms with van der Waals surface area (Å²) in [6.45, 7) is 11.6. The summed E-state index contributed by atoms with van der Waals surface area (Å²) in [5.41, 5.74) is 0.0285. The van der Waals surface area contributed by atoms with Crippen LogP contribution in [0, 0.1) is 0 Å². The number of rotatable bonds is 2.